The number of rotatable bonds is 5. The van der Waals surface area contributed by atoms with Crippen LogP contribution in [0, 0.1) is 6.92 Å². The average Bonchev–Trinajstić information content (AvgIpc) is 2.96. The second-order valence-corrected chi connectivity index (χ2v) is 7.28. The van der Waals surface area contributed by atoms with Gasteiger partial charge < -0.3 is 19.7 Å². The summed E-state index contributed by atoms with van der Waals surface area (Å²) in [7, 11) is 1.60. The second kappa shape index (κ2) is 7.25. The zero-order valence-electron chi connectivity index (χ0n) is 14.3. The molecule has 1 unspecified atom stereocenters. The highest BCUT2D eigenvalue weighted by Gasteiger charge is 2.30. The van der Waals surface area contributed by atoms with Crippen molar-refractivity contribution in [1.82, 2.24) is 4.90 Å². The number of aryl methyl sites for hydroxylation is 1. The van der Waals surface area contributed by atoms with E-state index < -0.39 is 11.2 Å². The van der Waals surface area contributed by atoms with Crippen LogP contribution in [0.3, 0.4) is 0 Å². The predicted octanol–water partition coefficient (Wildman–Crippen LogP) is 2.75. The van der Waals surface area contributed by atoms with Crippen molar-refractivity contribution in [1.29, 1.82) is 0 Å². The fraction of sp³-hybridized carbons (Fsp3) is 0.278. The number of para-hydroxylation sites is 1. The molecule has 0 saturated carbocycles. The first-order chi connectivity index (χ1) is 12.3. The third-order valence-corrected chi connectivity index (χ3v) is 5.36. The Kier molecular flexibility index (Phi) is 5.03. The van der Waals surface area contributed by atoms with E-state index in [0.29, 0.717) is 11.5 Å². The molecule has 2 N–H and O–H groups in total. The number of amides is 2. The number of carbonyl (C=O) groups excluding carboxylic acids is 2. The molecule has 1 aliphatic rings. The van der Waals surface area contributed by atoms with Gasteiger partial charge in [0.15, 0.2) is 0 Å². The maximum atomic E-state index is 12.5. The van der Waals surface area contributed by atoms with Gasteiger partial charge in [-0.1, -0.05) is 12.1 Å². The molecular formula is C18H18N2O5S. The van der Waals surface area contributed by atoms with E-state index in [4.69, 9.17) is 9.52 Å². The van der Waals surface area contributed by atoms with Crippen molar-refractivity contribution in [2.45, 2.75) is 30.0 Å². The smallest absolute Gasteiger partial charge is 0.339 e. The lowest BCUT2D eigenvalue weighted by atomic mass is 10.2. The summed E-state index contributed by atoms with van der Waals surface area (Å²) in [5.41, 5.74) is 0.839. The van der Waals surface area contributed by atoms with Crippen LogP contribution in [0.1, 0.15) is 28.3 Å². The summed E-state index contributed by atoms with van der Waals surface area (Å²) in [5.74, 6) is -0.796. The van der Waals surface area contributed by atoms with Gasteiger partial charge in [-0.2, -0.15) is 0 Å². The zero-order chi connectivity index (χ0) is 18.8. The first-order valence-corrected chi connectivity index (χ1v) is 8.86. The average molecular weight is 374 g/mol. The molecule has 26 heavy (non-hydrogen) atoms. The van der Waals surface area contributed by atoms with Crippen LogP contribution in [0.4, 0.5) is 5.69 Å². The summed E-state index contributed by atoms with van der Waals surface area (Å²) in [6.45, 7) is 1.71. The lowest BCUT2D eigenvalue weighted by Gasteiger charge is -2.25. The van der Waals surface area contributed by atoms with Crippen molar-refractivity contribution in [2.24, 2.45) is 0 Å². The van der Waals surface area contributed by atoms with Crippen LogP contribution >= 0.6 is 11.8 Å². The Balaban J connectivity index is 1.63. The summed E-state index contributed by atoms with van der Waals surface area (Å²) >= 11 is 1.37. The van der Waals surface area contributed by atoms with Crippen LogP contribution in [-0.2, 0) is 16.1 Å². The van der Waals surface area contributed by atoms with Gasteiger partial charge in [0.1, 0.15) is 17.1 Å². The normalized spacial score (nSPS) is 15.9. The molecule has 0 spiro atoms. The summed E-state index contributed by atoms with van der Waals surface area (Å²) in [4.78, 5) is 38.1. The zero-order valence-corrected chi connectivity index (χ0v) is 15.1. The van der Waals surface area contributed by atoms with E-state index in [2.05, 4.69) is 5.32 Å². The van der Waals surface area contributed by atoms with Crippen LogP contribution in [-0.4, -0.2) is 40.1 Å². The third kappa shape index (κ3) is 3.75. The fourth-order valence-electron chi connectivity index (χ4n) is 2.70. The molecule has 2 aromatic rings. The van der Waals surface area contributed by atoms with Crippen molar-refractivity contribution >= 4 is 35.2 Å². The number of aromatic carboxylic acids is 1. The first-order valence-electron chi connectivity index (χ1n) is 7.98. The van der Waals surface area contributed by atoms with E-state index in [1.54, 1.807) is 14.0 Å². The Morgan fingerprint density at radius 2 is 2.08 bits per heavy atom. The topological polar surface area (TPSA) is 99.9 Å². The fourth-order valence-corrected chi connectivity index (χ4v) is 3.80. The van der Waals surface area contributed by atoms with Gasteiger partial charge in [0.2, 0.25) is 11.8 Å². The molecule has 136 valence electrons. The largest absolute Gasteiger partial charge is 0.478 e. The van der Waals surface area contributed by atoms with Crippen molar-refractivity contribution in [3.05, 3.63) is 47.4 Å². The van der Waals surface area contributed by atoms with Crippen molar-refractivity contribution in [3.8, 4) is 0 Å². The van der Waals surface area contributed by atoms with E-state index in [1.165, 1.54) is 22.7 Å². The number of furan rings is 1. The van der Waals surface area contributed by atoms with Gasteiger partial charge >= 0.3 is 5.97 Å². The molecule has 3 rings (SSSR count). The number of nitrogens with one attached hydrogen (secondary N) is 1. The SMILES string of the molecule is Cc1oc(CN(C)C(=O)CC2Sc3ccccc3NC2=O)cc1C(=O)O. The van der Waals surface area contributed by atoms with E-state index in [9.17, 15) is 14.4 Å². The molecular weight excluding hydrogens is 356 g/mol. The van der Waals surface area contributed by atoms with E-state index in [-0.39, 0.29) is 30.3 Å². The molecule has 0 saturated heterocycles. The Labute approximate surface area is 154 Å². The van der Waals surface area contributed by atoms with E-state index in [0.717, 1.165) is 10.6 Å². The summed E-state index contributed by atoms with van der Waals surface area (Å²) in [5, 5.41) is 11.4. The third-order valence-electron chi connectivity index (χ3n) is 4.08. The van der Waals surface area contributed by atoms with Crippen LogP contribution in [0.25, 0.3) is 0 Å². The van der Waals surface area contributed by atoms with Crippen LogP contribution < -0.4 is 5.32 Å². The van der Waals surface area contributed by atoms with Crippen LogP contribution in [0.15, 0.2) is 39.6 Å². The highest BCUT2D eigenvalue weighted by Crippen LogP contribution is 2.36. The summed E-state index contributed by atoms with van der Waals surface area (Å²) in [6.07, 6.45) is 0.0484. The number of nitrogens with zero attached hydrogens (tertiary/aromatic N) is 1. The second-order valence-electron chi connectivity index (χ2n) is 6.03. The highest BCUT2D eigenvalue weighted by molar-refractivity contribution is 8.01. The number of carboxylic acid groups (broad SMARTS) is 1. The lowest BCUT2D eigenvalue weighted by molar-refractivity contribution is -0.132. The standard InChI is InChI=1S/C18H18N2O5S/c1-10-12(18(23)24)7-11(25-10)9-20(2)16(21)8-15-17(22)19-13-5-3-4-6-14(13)26-15/h3-7,15H,8-9H2,1-2H3,(H,19,22)(H,23,24). The van der Waals surface area contributed by atoms with Gasteiger partial charge in [0.05, 0.1) is 17.5 Å². The number of carboxylic acids is 1. The molecule has 0 fully saturated rings. The molecule has 7 nitrogen and oxygen atoms in total. The van der Waals surface area contributed by atoms with Crippen molar-refractivity contribution in [2.75, 3.05) is 12.4 Å². The minimum absolute atomic E-state index is 0.0484. The molecule has 0 radical (unpaired) electrons. The Hall–Kier alpha value is -2.74. The number of hydrogen-bond acceptors (Lipinski definition) is 5. The summed E-state index contributed by atoms with van der Waals surface area (Å²) in [6, 6.07) is 8.87. The molecule has 2 heterocycles. The summed E-state index contributed by atoms with van der Waals surface area (Å²) < 4.78 is 5.40. The molecule has 0 bridgehead atoms. The number of anilines is 1. The molecule has 1 aromatic carbocycles. The highest BCUT2D eigenvalue weighted by atomic mass is 32.2. The van der Waals surface area contributed by atoms with Crippen LogP contribution in [0.5, 0.6) is 0 Å². The Morgan fingerprint density at radius 3 is 2.77 bits per heavy atom. The minimum atomic E-state index is -1.07. The predicted molar refractivity (Wildman–Crippen MR) is 96.2 cm³/mol. The quantitative estimate of drug-likeness (QED) is 0.835. The Morgan fingerprint density at radius 1 is 1.35 bits per heavy atom. The van der Waals surface area contributed by atoms with E-state index in [1.807, 2.05) is 24.3 Å². The molecule has 8 heteroatoms. The van der Waals surface area contributed by atoms with Gasteiger partial charge in [-0.25, -0.2) is 4.79 Å². The maximum absolute atomic E-state index is 12.5. The number of benzene rings is 1. The molecule has 0 aliphatic carbocycles. The lowest BCUT2D eigenvalue weighted by Crippen LogP contribution is -2.35. The first kappa shape index (κ1) is 18.1. The van der Waals surface area contributed by atoms with Crippen LogP contribution in [0.2, 0.25) is 0 Å². The number of hydrogen-bond donors (Lipinski definition) is 2. The molecule has 1 aromatic heterocycles. The maximum Gasteiger partial charge on any atom is 0.339 e. The van der Waals surface area contributed by atoms with Gasteiger partial charge in [-0.3, -0.25) is 9.59 Å². The number of fused-ring (bicyclic) bond motifs is 1. The minimum Gasteiger partial charge on any atom is -0.478 e. The Bertz CT molecular complexity index is 876. The molecule has 1 atom stereocenters. The monoisotopic (exact) mass is 374 g/mol. The molecule has 2 amide bonds. The van der Waals surface area contributed by atoms with E-state index >= 15 is 0 Å². The van der Waals surface area contributed by atoms with Gasteiger partial charge in [-0.05, 0) is 25.1 Å². The van der Waals surface area contributed by atoms with Crippen molar-refractivity contribution in [3.63, 3.8) is 0 Å². The van der Waals surface area contributed by atoms with Gasteiger partial charge in [0.25, 0.3) is 0 Å². The van der Waals surface area contributed by atoms with Gasteiger partial charge in [-0.15, -0.1) is 11.8 Å². The molecule has 1 aliphatic heterocycles. The van der Waals surface area contributed by atoms with Gasteiger partial charge in [0, 0.05) is 18.4 Å². The number of carbonyl (C=O) groups is 3. The number of thioether (sulfide) groups is 1. The van der Waals surface area contributed by atoms with Crippen molar-refractivity contribution < 1.29 is 23.9 Å².